The van der Waals surface area contributed by atoms with E-state index in [2.05, 4.69) is 53.5 Å². The number of nitrogens with one attached hydrogen (secondary N) is 1. The van der Waals surface area contributed by atoms with Crippen LogP contribution < -0.4 is 16.0 Å². The number of nitrogens with zero attached hydrogens (tertiary/aromatic N) is 1. The number of benzene rings is 2. The summed E-state index contributed by atoms with van der Waals surface area (Å²) in [5, 5.41) is 3.45. The van der Waals surface area contributed by atoms with Crippen LogP contribution in [0.2, 0.25) is 0 Å². The second kappa shape index (κ2) is 6.84. The molecule has 3 N–H and O–H groups in total. The Labute approximate surface area is 133 Å². The SMILES string of the molecule is CC(c1ccc(N)cc1)c1ccc(N2CCCNCC2)cc1. The first-order valence-electron chi connectivity index (χ1n) is 8.15. The predicted molar refractivity (Wildman–Crippen MR) is 94.5 cm³/mol. The van der Waals surface area contributed by atoms with Crippen LogP contribution in [0.4, 0.5) is 11.4 Å². The molecule has 1 atom stereocenters. The zero-order valence-electron chi connectivity index (χ0n) is 13.3. The fraction of sp³-hybridized carbons (Fsp3) is 0.368. The van der Waals surface area contributed by atoms with E-state index < -0.39 is 0 Å². The standard InChI is InChI=1S/C19H25N3/c1-15(16-3-7-18(20)8-4-16)17-5-9-19(10-6-17)22-13-2-11-21-12-14-22/h3-10,15,21H,2,11-14,20H2,1H3. The fourth-order valence-electron chi connectivity index (χ4n) is 3.05. The molecule has 0 bridgehead atoms. The van der Waals surface area contributed by atoms with E-state index in [-0.39, 0.29) is 0 Å². The van der Waals surface area contributed by atoms with Crippen molar-refractivity contribution >= 4 is 11.4 Å². The summed E-state index contributed by atoms with van der Waals surface area (Å²) in [6, 6.07) is 17.2. The van der Waals surface area contributed by atoms with Crippen LogP contribution in [0.1, 0.15) is 30.4 Å². The number of nitrogen functional groups attached to an aromatic ring is 1. The van der Waals surface area contributed by atoms with Gasteiger partial charge in [-0.2, -0.15) is 0 Å². The predicted octanol–water partition coefficient (Wildman–Crippen LogP) is 3.22. The highest BCUT2D eigenvalue weighted by molar-refractivity contribution is 5.50. The molecule has 1 aliphatic rings. The van der Waals surface area contributed by atoms with Crippen molar-refractivity contribution in [1.82, 2.24) is 5.32 Å². The molecule has 2 aromatic carbocycles. The van der Waals surface area contributed by atoms with Crippen LogP contribution in [0, 0.1) is 0 Å². The van der Waals surface area contributed by atoms with Crippen molar-refractivity contribution in [3.63, 3.8) is 0 Å². The molecule has 0 amide bonds. The van der Waals surface area contributed by atoms with Crippen molar-refractivity contribution in [2.75, 3.05) is 36.8 Å². The second-order valence-corrected chi connectivity index (χ2v) is 6.07. The molecule has 0 aromatic heterocycles. The van der Waals surface area contributed by atoms with Crippen LogP contribution in [0.15, 0.2) is 48.5 Å². The Morgan fingerprint density at radius 2 is 1.55 bits per heavy atom. The fourth-order valence-corrected chi connectivity index (χ4v) is 3.05. The topological polar surface area (TPSA) is 41.3 Å². The minimum absolute atomic E-state index is 0.389. The van der Waals surface area contributed by atoms with Gasteiger partial charge in [0, 0.05) is 36.9 Å². The van der Waals surface area contributed by atoms with Gasteiger partial charge in [0.05, 0.1) is 0 Å². The van der Waals surface area contributed by atoms with Gasteiger partial charge < -0.3 is 16.0 Å². The lowest BCUT2D eigenvalue weighted by Crippen LogP contribution is -2.27. The number of anilines is 2. The normalized spacial score (nSPS) is 17.0. The van der Waals surface area contributed by atoms with Gasteiger partial charge in [0.15, 0.2) is 0 Å². The van der Waals surface area contributed by atoms with Crippen LogP contribution in [0.3, 0.4) is 0 Å². The van der Waals surface area contributed by atoms with E-state index >= 15 is 0 Å². The van der Waals surface area contributed by atoms with E-state index in [1.807, 2.05) is 12.1 Å². The van der Waals surface area contributed by atoms with Crippen molar-refractivity contribution in [1.29, 1.82) is 0 Å². The van der Waals surface area contributed by atoms with Gasteiger partial charge in [0.25, 0.3) is 0 Å². The maximum atomic E-state index is 5.77. The second-order valence-electron chi connectivity index (χ2n) is 6.07. The molecule has 3 rings (SSSR count). The first-order chi connectivity index (χ1) is 10.7. The molecule has 1 unspecified atom stereocenters. The summed E-state index contributed by atoms with van der Waals surface area (Å²) in [5.41, 5.74) is 10.6. The van der Waals surface area contributed by atoms with E-state index in [0.717, 1.165) is 31.9 Å². The number of hydrogen-bond donors (Lipinski definition) is 2. The lowest BCUT2D eigenvalue weighted by Gasteiger charge is -2.23. The summed E-state index contributed by atoms with van der Waals surface area (Å²) in [4.78, 5) is 2.47. The third kappa shape index (κ3) is 3.42. The molecule has 0 saturated carbocycles. The van der Waals surface area contributed by atoms with Gasteiger partial charge in [-0.1, -0.05) is 31.2 Å². The summed E-state index contributed by atoms with van der Waals surface area (Å²) < 4.78 is 0. The molecule has 3 heteroatoms. The molecule has 3 nitrogen and oxygen atoms in total. The van der Waals surface area contributed by atoms with Crippen LogP contribution in [-0.2, 0) is 0 Å². The van der Waals surface area contributed by atoms with E-state index in [1.54, 1.807) is 0 Å². The van der Waals surface area contributed by atoms with E-state index in [0.29, 0.717) is 5.92 Å². The van der Waals surface area contributed by atoms with Crippen molar-refractivity contribution in [2.24, 2.45) is 0 Å². The molecule has 0 spiro atoms. The Bertz CT molecular complexity index is 581. The Morgan fingerprint density at radius 1 is 0.909 bits per heavy atom. The first kappa shape index (κ1) is 14.9. The Hall–Kier alpha value is -2.00. The molecule has 0 radical (unpaired) electrons. The third-order valence-electron chi connectivity index (χ3n) is 4.53. The van der Waals surface area contributed by atoms with E-state index in [1.165, 1.54) is 23.2 Å². The molecule has 2 aromatic rings. The first-order valence-corrected chi connectivity index (χ1v) is 8.15. The van der Waals surface area contributed by atoms with Crippen LogP contribution >= 0.6 is 0 Å². The van der Waals surface area contributed by atoms with Crippen LogP contribution in [0.25, 0.3) is 0 Å². The zero-order chi connectivity index (χ0) is 15.4. The van der Waals surface area contributed by atoms with E-state index in [4.69, 9.17) is 5.73 Å². The Balaban J connectivity index is 1.74. The molecule has 116 valence electrons. The molecule has 1 fully saturated rings. The number of hydrogen-bond acceptors (Lipinski definition) is 3. The molecule has 1 aliphatic heterocycles. The highest BCUT2D eigenvalue weighted by Gasteiger charge is 2.11. The van der Waals surface area contributed by atoms with Gasteiger partial charge in [0.1, 0.15) is 0 Å². The van der Waals surface area contributed by atoms with Gasteiger partial charge in [0.2, 0.25) is 0 Å². The summed E-state index contributed by atoms with van der Waals surface area (Å²) in [5.74, 6) is 0.389. The molecular weight excluding hydrogens is 270 g/mol. The summed E-state index contributed by atoms with van der Waals surface area (Å²) >= 11 is 0. The maximum absolute atomic E-state index is 5.77. The van der Waals surface area contributed by atoms with Crippen LogP contribution in [0.5, 0.6) is 0 Å². The molecule has 0 aliphatic carbocycles. The summed E-state index contributed by atoms with van der Waals surface area (Å²) in [6.07, 6.45) is 1.21. The summed E-state index contributed by atoms with van der Waals surface area (Å²) in [7, 11) is 0. The molecule has 22 heavy (non-hydrogen) atoms. The van der Waals surface area contributed by atoms with Crippen molar-refractivity contribution < 1.29 is 0 Å². The average Bonchev–Trinajstić information content (AvgIpc) is 2.84. The minimum Gasteiger partial charge on any atom is -0.399 e. The minimum atomic E-state index is 0.389. The molecule has 1 heterocycles. The van der Waals surface area contributed by atoms with E-state index in [9.17, 15) is 0 Å². The quantitative estimate of drug-likeness (QED) is 0.854. The number of rotatable bonds is 3. The lowest BCUT2D eigenvalue weighted by molar-refractivity contribution is 0.724. The monoisotopic (exact) mass is 295 g/mol. The maximum Gasteiger partial charge on any atom is 0.0366 e. The van der Waals surface area contributed by atoms with Gasteiger partial charge in [-0.3, -0.25) is 0 Å². The molecule has 1 saturated heterocycles. The smallest absolute Gasteiger partial charge is 0.0366 e. The lowest BCUT2D eigenvalue weighted by atomic mass is 9.93. The van der Waals surface area contributed by atoms with Gasteiger partial charge in [-0.15, -0.1) is 0 Å². The van der Waals surface area contributed by atoms with Gasteiger partial charge in [-0.05, 0) is 48.4 Å². The van der Waals surface area contributed by atoms with Crippen molar-refractivity contribution in [2.45, 2.75) is 19.3 Å². The average molecular weight is 295 g/mol. The Kier molecular flexibility index (Phi) is 4.64. The van der Waals surface area contributed by atoms with Crippen molar-refractivity contribution in [3.8, 4) is 0 Å². The highest BCUT2D eigenvalue weighted by Crippen LogP contribution is 2.27. The van der Waals surface area contributed by atoms with Gasteiger partial charge in [-0.25, -0.2) is 0 Å². The van der Waals surface area contributed by atoms with Crippen molar-refractivity contribution in [3.05, 3.63) is 59.7 Å². The zero-order valence-corrected chi connectivity index (χ0v) is 13.3. The van der Waals surface area contributed by atoms with Crippen LogP contribution in [-0.4, -0.2) is 26.2 Å². The highest BCUT2D eigenvalue weighted by atomic mass is 15.2. The number of nitrogens with two attached hydrogens (primary N) is 1. The third-order valence-corrected chi connectivity index (χ3v) is 4.53. The largest absolute Gasteiger partial charge is 0.399 e. The van der Waals surface area contributed by atoms with Gasteiger partial charge >= 0.3 is 0 Å². The Morgan fingerprint density at radius 3 is 2.23 bits per heavy atom. The summed E-state index contributed by atoms with van der Waals surface area (Å²) in [6.45, 7) is 6.68. The molecular formula is C19H25N3.